The summed E-state index contributed by atoms with van der Waals surface area (Å²) in [6, 6.07) is -0.333. The second kappa shape index (κ2) is 7.50. The van der Waals surface area contributed by atoms with E-state index in [0.29, 0.717) is 0 Å². The van der Waals surface area contributed by atoms with Gasteiger partial charge in [0.2, 0.25) is 0 Å². The molecule has 0 bridgehead atoms. The topological polar surface area (TPSA) is 75.6 Å². The molecule has 1 aliphatic rings. The van der Waals surface area contributed by atoms with Crippen molar-refractivity contribution in [3.05, 3.63) is 0 Å². The maximum Gasteiger partial charge on any atom is 0.407 e. The molecule has 0 radical (unpaired) electrons. The zero-order chi connectivity index (χ0) is 15.2. The van der Waals surface area contributed by atoms with Crippen LogP contribution in [0.15, 0.2) is 0 Å². The van der Waals surface area contributed by atoms with E-state index < -0.39 is 17.7 Å². The first kappa shape index (κ1) is 16.8. The molecule has 1 aliphatic carbocycles. The fraction of sp³-hybridized carbons (Fsp3) is 0.867. The standard InChI is InChI=1S/C15H27NO4/c1-15(2,3)20-14(19)16-12(10-13(17)18)11-8-6-4-5-7-9-11/h11-12H,4-10H2,1-3H3,(H,16,19)(H,17,18). The molecule has 116 valence electrons. The van der Waals surface area contributed by atoms with Crippen molar-refractivity contribution >= 4 is 12.1 Å². The Bertz CT molecular complexity index is 327. The van der Waals surface area contributed by atoms with Crippen LogP contribution in [-0.2, 0) is 9.53 Å². The fourth-order valence-electron chi connectivity index (χ4n) is 2.70. The molecule has 1 saturated carbocycles. The summed E-state index contributed by atoms with van der Waals surface area (Å²) in [5, 5.41) is 11.8. The molecular weight excluding hydrogens is 258 g/mol. The summed E-state index contributed by atoms with van der Waals surface area (Å²) in [5.41, 5.74) is -0.568. The highest BCUT2D eigenvalue weighted by atomic mass is 16.6. The van der Waals surface area contributed by atoms with Crippen molar-refractivity contribution in [3.63, 3.8) is 0 Å². The lowest BCUT2D eigenvalue weighted by Crippen LogP contribution is -2.44. The van der Waals surface area contributed by atoms with E-state index >= 15 is 0 Å². The van der Waals surface area contributed by atoms with Crippen molar-refractivity contribution in [1.29, 1.82) is 0 Å². The van der Waals surface area contributed by atoms with Gasteiger partial charge in [-0.25, -0.2) is 4.79 Å². The second-order valence-electron chi connectivity index (χ2n) is 6.60. The minimum atomic E-state index is -0.879. The number of ether oxygens (including phenoxy) is 1. The number of carbonyl (C=O) groups excluding carboxylic acids is 1. The Labute approximate surface area is 121 Å². The van der Waals surface area contributed by atoms with Crippen molar-refractivity contribution in [3.8, 4) is 0 Å². The Hall–Kier alpha value is -1.26. The predicted molar refractivity (Wildman–Crippen MR) is 76.6 cm³/mol. The zero-order valence-electron chi connectivity index (χ0n) is 12.8. The van der Waals surface area contributed by atoms with Crippen LogP contribution < -0.4 is 5.32 Å². The lowest BCUT2D eigenvalue weighted by molar-refractivity contribution is -0.137. The minimum Gasteiger partial charge on any atom is -0.481 e. The van der Waals surface area contributed by atoms with Gasteiger partial charge in [0.05, 0.1) is 6.42 Å². The first-order valence-corrected chi connectivity index (χ1v) is 7.49. The van der Waals surface area contributed by atoms with E-state index in [-0.39, 0.29) is 18.4 Å². The molecule has 0 aromatic carbocycles. The molecule has 2 N–H and O–H groups in total. The average molecular weight is 285 g/mol. The third-order valence-electron chi connectivity index (χ3n) is 3.57. The van der Waals surface area contributed by atoms with Gasteiger partial charge in [-0.3, -0.25) is 4.79 Å². The Balaban J connectivity index is 2.63. The summed E-state index contributed by atoms with van der Waals surface area (Å²) in [7, 11) is 0. The van der Waals surface area contributed by atoms with E-state index in [9.17, 15) is 9.59 Å². The SMILES string of the molecule is CC(C)(C)OC(=O)NC(CC(=O)O)C1CCCCCC1. The van der Waals surface area contributed by atoms with Crippen LogP contribution in [0.4, 0.5) is 4.79 Å². The van der Waals surface area contributed by atoms with Crippen molar-refractivity contribution in [1.82, 2.24) is 5.32 Å². The number of aliphatic carboxylic acids is 1. The Morgan fingerprint density at radius 2 is 1.75 bits per heavy atom. The molecule has 1 unspecified atom stereocenters. The minimum absolute atomic E-state index is 0.0378. The fourth-order valence-corrected chi connectivity index (χ4v) is 2.70. The molecule has 0 aromatic rings. The summed E-state index contributed by atoms with van der Waals surface area (Å²) in [5.74, 6) is -0.642. The highest BCUT2D eigenvalue weighted by molar-refractivity contribution is 5.71. The molecule has 1 rings (SSSR count). The number of hydrogen-bond acceptors (Lipinski definition) is 3. The average Bonchev–Trinajstić information content (AvgIpc) is 2.52. The van der Waals surface area contributed by atoms with E-state index in [4.69, 9.17) is 9.84 Å². The number of carboxylic acids is 1. The van der Waals surface area contributed by atoms with Crippen LogP contribution in [0.1, 0.15) is 65.7 Å². The smallest absolute Gasteiger partial charge is 0.407 e. The third-order valence-corrected chi connectivity index (χ3v) is 3.57. The van der Waals surface area contributed by atoms with E-state index in [0.717, 1.165) is 25.7 Å². The van der Waals surface area contributed by atoms with Gasteiger partial charge in [-0.05, 0) is 39.5 Å². The van der Waals surface area contributed by atoms with Crippen LogP contribution in [-0.4, -0.2) is 28.8 Å². The van der Waals surface area contributed by atoms with Crippen LogP contribution in [0, 0.1) is 5.92 Å². The summed E-state index contributed by atoms with van der Waals surface area (Å²) < 4.78 is 5.23. The van der Waals surface area contributed by atoms with Crippen LogP contribution in [0.25, 0.3) is 0 Å². The van der Waals surface area contributed by atoms with Gasteiger partial charge in [-0.2, -0.15) is 0 Å². The van der Waals surface area contributed by atoms with Crippen molar-refractivity contribution in [2.24, 2.45) is 5.92 Å². The number of hydrogen-bond donors (Lipinski definition) is 2. The monoisotopic (exact) mass is 285 g/mol. The molecule has 0 aromatic heterocycles. The van der Waals surface area contributed by atoms with Gasteiger partial charge in [0.15, 0.2) is 0 Å². The summed E-state index contributed by atoms with van der Waals surface area (Å²) in [6.07, 6.45) is 6.01. The molecule has 5 nitrogen and oxygen atoms in total. The predicted octanol–water partition coefficient (Wildman–Crippen LogP) is 3.32. The first-order chi connectivity index (χ1) is 9.28. The van der Waals surface area contributed by atoms with E-state index in [1.54, 1.807) is 20.8 Å². The van der Waals surface area contributed by atoms with E-state index in [2.05, 4.69) is 5.32 Å². The lowest BCUT2D eigenvalue weighted by Gasteiger charge is -2.28. The Morgan fingerprint density at radius 3 is 2.20 bits per heavy atom. The Morgan fingerprint density at radius 1 is 1.20 bits per heavy atom. The van der Waals surface area contributed by atoms with Crippen molar-refractivity contribution < 1.29 is 19.4 Å². The highest BCUT2D eigenvalue weighted by Crippen LogP contribution is 2.27. The van der Waals surface area contributed by atoms with Crippen LogP contribution in [0.3, 0.4) is 0 Å². The van der Waals surface area contributed by atoms with Gasteiger partial charge in [0, 0.05) is 6.04 Å². The number of carboxylic acid groups (broad SMARTS) is 1. The lowest BCUT2D eigenvalue weighted by atomic mass is 9.90. The summed E-state index contributed by atoms with van der Waals surface area (Å²) in [4.78, 5) is 22.9. The zero-order valence-corrected chi connectivity index (χ0v) is 12.8. The van der Waals surface area contributed by atoms with Crippen molar-refractivity contribution in [2.75, 3.05) is 0 Å². The van der Waals surface area contributed by atoms with Crippen LogP contribution in [0.5, 0.6) is 0 Å². The number of alkyl carbamates (subject to hydrolysis) is 1. The quantitative estimate of drug-likeness (QED) is 0.777. The highest BCUT2D eigenvalue weighted by Gasteiger charge is 2.28. The largest absolute Gasteiger partial charge is 0.481 e. The second-order valence-corrected chi connectivity index (χ2v) is 6.60. The van der Waals surface area contributed by atoms with Gasteiger partial charge >= 0.3 is 12.1 Å². The molecule has 0 aliphatic heterocycles. The number of amides is 1. The Kier molecular flexibility index (Phi) is 6.30. The van der Waals surface area contributed by atoms with Gasteiger partial charge < -0.3 is 15.2 Å². The molecule has 1 fully saturated rings. The number of carbonyl (C=O) groups is 2. The van der Waals surface area contributed by atoms with E-state index in [1.165, 1.54) is 12.8 Å². The van der Waals surface area contributed by atoms with Crippen LogP contribution in [0.2, 0.25) is 0 Å². The van der Waals surface area contributed by atoms with Gasteiger partial charge in [0.25, 0.3) is 0 Å². The molecule has 20 heavy (non-hydrogen) atoms. The number of rotatable bonds is 4. The maximum absolute atomic E-state index is 11.9. The summed E-state index contributed by atoms with van der Waals surface area (Å²) >= 11 is 0. The van der Waals surface area contributed by atoms with Gasteiger partial charge in [-0.1, -0.05) is 25.7 Å². The maximum atomic E-state index is 11.9. The normalized spacial score (nSPS) is 18.9. The molecular formula is C15H27NO4. The summed E-state index contributed by atoms with van der Waals surface area (Å²) in [6.45, 7) is 5.39. The van der Waals surface area contributed by atoms with Gasteiger partial charge in [-0.15, -0.1) is 0 Å². The third kappa shape index (κ3) is 6.78. The van der Waals surface area contributed by atoms with Crippen molar-refractivity contribution in [2.45, 2.75) is 77.4 Å². The molecule has 1 amide bonds. The number of nitrogens with one attached hydrogen (secondary N) is 1. The molecule has 1 atom stereocenters. The molecule has 0 spiro atoms. The first-order valence-electron chi connectivity index (χ1n) is 7.49. The molecule has 5 heteroatoms. The van der Waals surface area contributed by atoms with Gasteiger partial charge in [0.1, 0.15) is 5.60 Å². The van der Waals surface area contributed by atoms with Crippen LogP contribution >= 0.6 is 0 Å². The van der Waals surface area contributed by atoms with E-state index in [1.807, 2.05) is 0 Å². The molecule has 0 heterocycles. The molecule has 0 saturated heterocycles.